The lowest BCUT2D eigenvalue weighted by atomic mass is 10.2. The Bertz CT molecular complexity index is 775. The minimum Gasteiger partial charge on any atom is -0.478 e. The molecule has 3 aromatic rings. The predicted octanol–water partition coefficient (Wildman–Crippen LogP) is 2.72. The third kappa shape index (κ3) is 2.52. The molecule has 0 unspecified atom stereocenters. The number of nitrogens with zero attached hydrogens (tertiary/aromatic N) is 3. The Hall–Kier alpha value is -2.63. The van der Waals surface area contributed by atoms with E-state index in [0.29, 0.717) is 6.54 Å². The zero-order valence-corrected chi connectivity index (χ0v) is 11.6. The van der Waals surface area contributed by atoms with Gasteiger partial charge in [-0.15, -0.1) is 0 Å². The van der Waals surface area contributed by atoms with Gasteiger partial charge < -0.3 is 14.2 Å². The van der Waals surface area contributed by atoms with Gasteiger partial charge in [0.1, 0.15) is 17.8 Å². The minimum absolute atomic E-state index is 0.256. The topological polar surface area (TPSA) is 81.1 Å². The van der Waals surface area contributed by atoms with Crippen molar-refractivity contribution in [2.75, 3.05) is 0 Å². The molecule has 21 heavy (non-hydrogen) atoms. The van der Waals surface area contributed by atoms with Crippen LogP contribution in [0.4, 0.5) is 0 Å². The van der Waals surface area contributed by atoms with Crippen molar-refractivity contribution in [1.82, 2.24) is 14.7 Å². The van der Waals surface area contributed by atoms with Gasteiger partial charge >= 0.3 is 5.97 Å². The molecule has 108 valence electrons. The number of aryl methyl sites for hydroxylation is 1. The maximum atomic E-state index is 11.1. The highest BCUT2D eigenvalue weighted by molar-refractivity contribution is 5.92. The van der Waals surface area contributed by atoms with E-state index >= 15 is 0 Å². The molecular formula is C15H15N3O3. The Morgan fingerprint density at radius 2 is 2.24 bits per heavy atom. The summed E-state index contributed by atoms with van der Waals surface area (Å²) in [7, 11) is 0. The van der Waals surface area contributed by atoms with Crippen molar-refractivity contribution < 1.29 is 14.4 Å². The van der Waals surface area contributed by atoms with E-state index in [2.05, 4.69) is 17.1 Å². The van der Waals surface area contributed by atoms with Gasteiger partial charge in [-0.05, 0) is 24.6 Å². The van der Waals surface area contributed by atoms with Crippen molar-refractivity contribution >= 4 is 17.0 Å². The van der Waals surface area contributed by atoms with Gasteiger partial charge in [-0.3, -0.25) is 0 Å². The standard InChI is InChI=1S/C15H15N3O3/c1-2-3-14-16-12-5-4-10(15(19)20)8-13(12)18(14)9-11-6-7-21-17-11/h4-8H,2-3,9H2,1H3,(H,19,20). The molecule has 6 heteroatoms. The molecule has 1 N–H and O–H groups in total. The van der Waals surface area contributed by atoms with Crippen molar-refractivity contribution in [2.45, 2.75) is 26.3 Å². The average molecular weight is 285 g/mol. The Balaban J connectivity index is 2.13. The maximum absolute atomic E-state index is 11.1. The zero-order chi connectivity index (χ0) is 14.8. The number of aromatic nitrogens is 3. The van der Waals surface area contributed by atoms with Crippen LogP contribution >= 0.6 is 0 Å². The van der Waals surface area contributed by atoms with Crippen LogP contribution in [0.1, 0.15) is 35.2 Å². The predicted molar refractivity (Wildman–Crippen MR) is 76.3 cm³/mol. The second-order valence-corrected chi connectivity index (χ2v) is 4.86. The summed E-state index contributed by atoms with van der Waals surface area (Å²) >= 11 is 0. The molecule has 0 saturated carbocycles. The number of fused-ring (bicyclic) bond motifs is 1. The summed E-state index contributed by atoms with van der Waals surface area (Å²) in [6.07, 6.45) is 3.32. The van der Waals surface area contributed by atoms with Gasteiger partial charge in [0, 0.05) is 12.5 Å². The van der Waals surface area contributed by atoms with Gasteiger partial charge in [0.25, 0.3) is 0 Å². The van der Waals surface area contributed by atoms with Crippen LogP contribution in [0.2, 0.25) is 0 Å². The lowest BCUT2D eigenvalue weighted by molar-refractivity contribution is 0.0697. The van der Waals surface area contributed by atoms with Crippen LogP contribution in [-0.4, -0.2) is 25.8 Å². The lowest BCUT2D eigenvalue weighted by Crippen LogP contribution is -2.06. The molecule has 6 nitrogen and oxygen atoms in total. The van der Waals surface area contributed by atoms with Crippen molar-refractivity contribution in [3.8, 4) is 0 Å². The van der Waals surface area contributed by atoms with E-state index in [9.17, 15) is 4.79 Å². The van der Waals surface area contributed by atoms with Crippen molar-refractivity contribution in [3.63, 3.8) is 0 Å². The van der Waals surface area contributed by atoms with Gasteiger partial charge in [0.05, 0.1) is 23.1 Å². The molecule has 0 aliphatic rings. The molecule has 0 radical (unpaired) electrons. The molecule has 2 heterocycles. The molecule has 0 bridgehead atoms. The largest absolute Gasteiger partial charge is 0.478 e. The second-order valence-electron chi connectivity index (χ2n) is 4.86. The molecule has 2 aromatic heterocycles. The number of carboxylic acids is 1. The molecular weight excluding hydrogens is 270 g/mol. The summed E-state index contributed by atoms with van der Waals surface area (Å²) in [5, 5.41) is 13.1. The van der Waals surface area contributed by atoms with E-state index in [-0.39, 0.29) is 5.56 Å². The molecule has 0 atom stereocenters. The first-order valence-electron chi connectivity index (χ1n) is 6.80. The van der Waals surface area contributed by atoms with E-state index in [0.717, 1.165) is 35.4 Å². The molecule has 1 aromatic carbocycles. The Morgan fingerprint density at radius 1 is 1.38 bits per heavy atom. The van der Waals surface area contributed by atoms with Crippen LogP contribution in [-0.2, 0) is 13.0 Å². The van der Waals surface area contributed by atoms with E-state index in [4.69, 9.17) is 9.63 Å². The number of aromatic carboxylic acids is 1. The van der Waals surface area contributed by atoms with Gasteiger partial charge in [-0.1, -0.05) is 12.1 Å². The van der Waals surface area contributed by atoms with Crippen LogP contribution in [0.5, 0.6) is 0 Å². The van der Waals surface area contributed by atoms with Crippen molar-refractivity contribution in [3.05, 3.63) is 47.6 Å². The highest BCUT2D eigenvalue weighted by Gasteiger charge is 2.14. The highest BCUT2D eigenvalue weighted by Crippen LogP contribution is 2.20. The lowest BCUT2D eigenvalue weighted by Gasteiger charge is -2.06. The van der Waals surface area contributed by atoms with E-state index < -0.39 is 5.97 Å². The first kappa shape index (κ1) is 13.4. The quantitative estimate of drug-likeness (QED) is 0.779. The minimum atomic E-state index is -0.942. The molecule has 0 amide bonds. The third-order valence-corrected chi connectivity index (χ3v) is 3.36. The summed E-state index contributed by atoms with van der Waals surface area (Å²) < 4.78 is 6.86. The fourth-order valence-electron chi connectivity index (χ4n) is 2.38. The molecule has 0 fully saturated rings. The van der Waals surface area contributed by atoms with Crippen LogP contribution in [0.25, 0.3) is 11.0 Å². The monoisotopic (exact) mass is 285 g/mol. The Morgan fingerprint density at radius 3 is 2.90 bits per heavy atom. The van der Waals surface area contributed by atoms with E-state index in [1.165, 1.54) is 6.26 Å². The Kier molecular flexibility index (Phi) is 3.43. The normalized spacial score (nSPS) is 11.1. The average Bonchev–Trinajstić information content (AvgIpc) is 3.08. The number of rotatable bonds is 5. The number of imidazole rings is 1. The smallest absolute Gasteiger partial charge is 0.335 e. The summed E-state index contributed by atoms with van der Waals surface area (Å²) in [6, 6.07) is 6.78. The zero-order valence-electron chi connectivity index (χ0n) is 11.6. The maximum Gasteiger partial charge on any atom is 0.335 e. The van der Waals surface area contributed by atoms with Crippen LogP contribution < -0.4 is 0 Å². The summed E-state index contributed by atoms with van der Waals surface area (Å²) in [5.74, 6) is -0.0128. The van der Waals surface area contributed by atoms with Gasteiger partial charge in [-0.2, -0.15) is 0 Å². The summed E-state index contributed by atoms with van der Waals surface area (Å²) in [6.45, 7) is 2.61. The van der Waals surface area contributed by atoms with Crippen LogP contribution in [0.15, 0.2) is 35.1 Å². The number of carboxylic acid groups (broad SMARTS) is 1. The van der Waals surface area contributed by atoms with Crippen molar-refractivity contribution in [1.29, 1.82) is 0 Å². The van der Waals surface area contributed by atoms with Crippen molar-refractivity contribution in [2.24, 2.45) is 0 Å². The number of hydrogen-bond acceptors (Lipinski definition) is 4. The number of carbonyl (C=O) groups is 1. The van der Waals surface area contributed by atoms with Gasteiger partial charge in [0.15, 0.2) is 0 Å². The molecule has 0 aliphatic carbocycles. The fourth-order valence-corrected chi connectivity index (χ4v) is 2.38. The molecule has 3 rings (SSSR count). The second kappa shape index (κ2) is 5.40. The van der Waals surface area contributed by atoms with Gasteiger partial charge in [0.2, 0.25) is 0 Å². The first-order chi connectivity index (χ1) is 10.2. The molecule has 0 saturated heterocycles. The SMILES string of the molecule is CCCc1nc2ccc(C(=O)O)cc2n1Cc1ccon1. The summed E-state index contributed by atoms with van der Waals surface area (Å²) in [5.41, 5.74) is 2.65. The van der Waals surface area contributed by atoms with E-state index in [1.807, 2.05) is 4.57 Å². The van der Waals surface area contributed by atoms with Crippen LogP contribution in [0, 0.1) is 0 Å². The molecule has 0 aliphatic heterocycles. The number of hydrogen-bond donors (Lipinski definition) is 1. The van der Waals surface area contributed by atoms with Crippen LogP contribution in [0.3, 0.4) is 0 Å². The molecule has 0 spiro atoms. The Labute approximate surface area is 121 Å². The first-order valence-corrected chi connectivity index (χ1v) is 6.80. The van der Waals surface area contributed by atoms with E-state index in [1.54, 1.807) is 24.3 Å². The summed E-state index contributed by atoms with van der Waals surface area (Å²) in [4.78, 5) is 15.7. The third-order valence-electron chi connectivity index (χ3n) is 3.36. The van der Waals surface area contributed by atoms with Gasteiger partial charge in [-0.25, -0.2) is 9.78 Å². The highest BCUT2D eigenvalue weighted by atomic mass is 16.5. The number of benzene rings is 1. The fraction of sp³-hybridized carbons (Fsp3) is 0.267.